The number of fused-ring (bicyclic) bond motifs is 2. The number of methoxy groups -OCH3 is 2. The van der Waals surface area contributed by atoms with E-state index in [1.807, 2.05) is 62.4 Å². The van der Waals surface area contributed by atoms with E-state index >= 15 is 0 Å². The Morgan fingerprint density at radius 2 is 0.963 bits per heavy atom. The number of halogens is 2. The zero-order valence-electron chi connectivity index (χ0n) is 31.9. The van der Waals surface area contributed by atoms with E-state index in [1.54, 1.807) is 14.2 Å². The molecule has 0 aliphatic heterocycles. The molecule has 6 aromatic carbocycles. The molecule has 8 heteroatoms. The van der Waals surface area contributed by atoms with Crippen LogP contribution in [-0.2, 0) is 18.0 Å². The van der Waals surface area contributed by atoms with Crippen LogP contribution < -0.4 is 9.47 Å². The molecule has 0 radical (unpaired) electrons. The van der Waals surface area contributed by atoms with E-state index in [2.05, 4.69) is 99.7 Å². The van der Waals surface area contributed by atoms with Crippen molar-refractivity contribution in [2.45, 2.75) is 40.8 Å². The molecule has 0 spiro atoms. The number of rotatable bonds is 6. The van der Waals surface area contributed by atoms with Gasteiger partial charge in [-0.2, -0.15) is 0 Å². The third-order valence-electron chi connectivity index (χ3n) is 9.34. The Morgan fingerprint density at radius 1 is 0.556 bits per heavy atom. The van der Waals surface area contributed by atoms with Crippen molar-refractivity contribution in [1.29, 1.82) is 0 Å². The van der Waals surface area contributed by atoms with E-state index in [-0.39, 0.29) is 5.43 Å². The molecule has 8 aromatic rings. The average Bonchev–Trinajstić information content (AvgIpc) is 3.98. The summed E-state index contributed by atoms with van der Waals surface area (Å²) in [6, 6.07) is 42.0. The van der Waals surface area contributed by atoms with Gasteiger partial charge in [0.05, 0.1) is 37.3 Å². The van der Waals surface area contributed by atoms with Crippen molar-refractivity contribution < 1.29 is 36.3 Å². The standard InChI is InChI=1S/2C22H19O2.C2H6Si.2ClH.Zr/c2*1-14-7-9-16-11-18(21-10-8-15(2)24-21)13-20(16)22(14)17-5-4-6-19(12-17)23-3;1-3-2;;;/h2*4-13H,1-3H3;1-2H3;2*1H;/q2*-1;;;;+2/p-2. The molecule has 0 fully saturated rings. The van der Waals surface area contributed by atoms with E-state index in [9.17, 15) is 0 Å². The summed E-state index contributed by atoms with van der Waals surface area (Å²) in [5.41, 5.74) is 9.36. The molecule has 2 heterocycles. The van der Waals surface area contributed by atoms with Gasteiger partial charge in [-0.1, -0.05) is 58.7 Å². The molecular weight excluding hydrogens is 807 g/mol. The van der Waals surface area contributed by atoms with Gasteiger partial charge in [-0.25, -0.2) is 0 Å². The summed E-state index contributed by atoms with van der Waals surface area (Å²) in [5, 5.41) is 4.93. The molecule has 4 nitrogen and oxygen atoms in total. The van der Waals surface area contributed by atoms with E-state index in [1.165, 1.54) is 54.9 Å². The zero-order valence-corrected chi connectivity index (χ0v) is 36.9. The molecule has 0 bridgehead atoms. The fraction of sp³-hybridized carbons (Fsp3) is 0.174. The monoisotopic (exact) mass is 848 g/mol. The van der Waals surface area contributed by atoms with E-state index in [0.717, 1.165) is 45.7 Å². The summed E-state index contributed by atoms with van der Waals surface area (Å²) in [4.78, 5) is 0. The van der Waals surface area contributed by atoms with Crippen LogP contribution in [0.5, 0.6) is 11.5 Å². The summed E-state index contributed by atoms with van der Waals surface area (Å²) >= 11 is -1.65. The molecule has 0 aliphatic rings. The normalized spacial score (nSPS) is 10.8. The first kappa shape index (κ1) is 39.6. The Bertz CT molecular complexity index is 2400. The second kappa shape index (κ2) is 17.6. The topological polar surface area (TPSA) is 44.7 Å². The summed E-state index contributed by atoms with van der Waals surface area (Å²) < 4.78 is 22.4. The van der Waals surface area contributed by atoms with Gasteiger partial charge in [-0.15, -0.1) is 57.9 Å². The second-order valence-electron chi connectivity index (χ2n) is 13.6. The third-order valence-corrected chi connectivity index (χ3v) is 29.1. The predicted octanol–water partition coefficient (Wildman–Crippen LogP) is 14.4. The molecule has 0 saturated heterocycles. The van der Waals surface area contributed by atoms with Crippen molar-refractivity contribution in [3.8, 4) is 56.4 Å². The third kappa shape index (κ3) is 9.07. The number of hydrogen-bond acceptors (Lipinski definition) is 4. The Morgan fingerprint density at radius 3 is 1.30 bits per heavy atom. The summed E-state index contributed by atoms with van der Waals surface area (Å²) in [5.74, 6) is 5.43. The van der Waals surface area contributed by atoms with Crippen LogP contribution in [0.2, 0.25) is 13.1 Å². The molecule has 0 N–H and O–H groups in total. The van der Waals surface area contributed by atoms with Crippen molar-refractivity contribution in [3.05, 3.63) is 144 Å². The molecule has 2 aromatic heterocycles. The average molecular weight is 851 g/mol. The Balaban J connectivity index is 0.000000160. The minimum atomic E-state index is -1.65. The molecule has 0 unspecified atom stereocenters. The number of furan rings is 2. The van der Waals surface area contributed by atoms with Crippen LogP contribution in [0.3, 0.4) is 0 Å². The molecule has 0 atom stereocenters. The summed E-state index contributed by atoms with van der Waals surface area (Å²) in [6.45, 7) is 12.6. The fourth-order valence-electron chi connectivity index (χ4n) is 6.57. The second-order valence-corrected chi connectivity index (χ2v) is 36.5. The van der Waals surface area contributed by atoms with Crippen LogP contribution >= 0.6 is 17.0 Å². The molecule has 0 saturated carbocycles. The van der Waals surface area contributed by atoms with Gasteiger partial charge in [0.2, 0.25) is 0 Å². The predicted molar refractivity (Wildman–Crippen MR) is 227 cm³/mol. The first-order chi connectivity index (χ1) is 25.9. The number of aryl methyl sites for hydroxylation is 4. The van der Waals surface area contributed by atoms with Crippen molar-refractivity contribution in [1.82, 2.24) is 0 Å². The van der Waals surface area contributed by atoms with Crippen LogP contribution in [0.25, 0.3) is 66.4 Å². The number of benzene rings is 4. The van der Waals surface area contributed by atoms with Gasteiger partial charge >= 0.3 is 53.5 Å². The Labute approximate surface area is 333 Å². The molecule has 0 aliphatic carbocycles. The molecule has 8 rings (SSSR count). The van der Waals surface area contributed by atoms with Crippen molar-refractivity contribution in [2.75, 3.05) is 14.2 Å². The fourth-order valence-corrected chi connectivity index (χ4v) is 6.57. The Kier molecular flexibility index (Phi) is 12.9. The molecule has 0 amide bonds. The van der Waals surface area contributed by atoms with E-state index in [4.69, 9.17) is 35.3 Å². The SMILES string of the molecule is COc1cccc(-c2c(C)ccc3[cH-]c(-c4ccc(C)o4)cc23)c1.COc1cccc(-c2c(C)ccc3[cH-]c(-c4ccc(C)o4)cc23)c1.C[Si](C)=[Zr]([Cl])[Cl]. The number of ether oxygens (including phenoxy) is 2. The van der Waals surface area contributed by atoms with E-state index in [0.29, 0.717) is 0 Å². The van der Waals surface area contributed by atoms with Crippen molar-refractivity contribution in [3.63, 3.8) is 0 Å². The van der Waals surface area contributed by atoms with Gasteiger partial charge in [-0.3, -0.25) is 0 Å². The van der Waals surface area contributed by atoms with Gasteiger partial charge < -0.3 is 18.3 Å². The van der Waals surface area contributed by atoms with E-state index < -0.39 is 18.0 Å². The Hall–Kier alpha value is -4.06. The number of hydrogen-bond donors (Lipinski definition) is 0. The summed E-state index contributed by atoms with van der Waals surface area (Å²) in [7, 11) is 14.6. The molecule has 54 heavy (non-hydrogen) atoms. The van der Waals surface area contributed by atoms with Gasteiger partial charge in [0.15, 0.2) is 0 Å². The van der Waals surface area contributed by atoms with Crippen LogP contribution in [0.1, 0.15) is 22.6 Å². The maximum atomic E-state index is 5.79. The van der Waals surface area contributed by atoms with Crippen LogP contribution in [-0.4, -0.2) is 19.7 Å². The van der Waals surface area contributed by atoms with Gasteiger partial charge in [0.1, 0.15) is 11.5 Å². The molecule has 276 valence electrons. The minimum absolute atomic E-state index is 0.224. The van der Waals surface area contributed by atoms with Crippen molar-refractivity contribution >= 4 is 44.0 Å². The van der Waals surface area contributed by atoms with Crippen LogP contribution in [0.4, 0.5) is 0 Å². The van der Waals surface area contributed by atoms with Crippen LogP contribution in [0.15, 0.2) is 130 Å². The first-order valence-corrected chi connectivity index (χ1v) is 30.3. The van der Waals surface area contributed by atoms with Crippen molar-refractivity contribution in [2.24, 2.45) is 0 Å². The first-order valence-electron chi connectivity index (χ1n) is 17.8. The zero-order chi connectivity index (χ0) is 38.5. The molecular formula is C46H44Cl2O4SiZr-2. The van der Waals surface area contributed by atoms with Gasteiger partial charge in [0.25, 0.3) is 0 Å². The quantitative estimate of drug-likeness (QED) is 0.123. The van der Waals surface area contributed by atoms with Gasteiger partial charge in [-0.05, 0) is 98.5 Å². The maximum absolute atomic E-state index is 5.79. The van der Waals surface area contributed by atoms with Gasteiger partial charge in [0, 0.05) is 0 Å². The van der Waals surface area contributed by atoms with Crippen LogP contribution in [0, 0.1) is 27.7 Å². The summed E-state index contributed by atoms with van der Waals surface area (Å²) in [6.07, 6.45) is 0.